The number of aromatic nitrogens is 5. The monoisotopic (exact) mass is 1250 g/mol. The SMILES string of the molecule is Cc1cc(-c2cc(=O)c3c(O)cc(O)cc3o2)ccc1O.Nc1ccnc2c1c(-c1cccc(OCc3ccccc3)c1)cn2C1CC(CN2CCC2)C1.Nc1ncnc2c1c(-c1cccc(OCc3ccccc3)c1)cn2C1CC(CCC(=O)CN2CCCCC2)C1. The van der Waals surface area contributed by atoms with E-state index in [1.165, 1.54) is 76.4 Å². The Labute approximate surface area is 540 Å². The topological polar surface area (TPSA) is 233 Å². The summed E-state index contributed by atoms with van der Waals surface area (Å²) >= 11 is 0. The van der Waals surface area contributed by atoms with Crippen LogP contribution in [0.25, 0.3) is 66.6 Å². The minimum absolute atomic E-state index is 0.0204. The molecule has 93 heavy (non-hydrogen) atoms. The Hall–Kier alpha value is -9.97. The second-order valence-electron chi connectivity index (χ2n) is 25.4. The predicted octanol–water partition coefficient (Wildman–Crippen LogP) is 14.5. The maximum atomic E-state index is 12.5. The highest BCUT2D eigenvalue weighted by molar-refractivity contribution is 6.03. The molecule has 5 aromatic heterocycles. The van der Waals surface area contributed by atoms with E-state index < -0.39 is 5.43 Å². The Morgan fingerprint density at radius 1 is 0.591 bits per heavy atom. The predicted molar refractivity (Wildman–Crippen MR) is 365 cm³/mol. The van der Waals surface area contributed by atoms with Crippen molar-refractivity contribution in [2.24, 2.45) is 11.8 Å². The van der Waals surface area contributed by atoms with Gasteiger partial charge in [0.25, 0.3) is 0 Å². The zero-order valence-electron chi connectivity index (χ0n) is 52.4. The van der Waals surface area contributed by atoms with Crippen molar-refractivity contribution in [2.75, 3.05) is 50.7 Å². The lowest BCUT2D eigenvalue weighted by molar-refractivity contribution is -0.120. The number of phenolic OH excluding ortho intramolecular Hbond substituents is 3. The Kier molecular flexibility index (Phi) is 18.5. The van der Waals surface area contributed by atoms with Crippen molar-refractivity contribution in [3.05, 3.63) is 203 Å². The van der Waals surface area contributed by atoms with Crippen molar-refractivity contribution < 1.29 is 34.0 Å². The van der Waals surface area contributed by atoms with Gasteiger partial charge in [0.15, 0.2) is 5.43 Å². The van der Waals surface area contributed by atoms with Gasteiger partial charge in [-0.1, -0.05) is 91.3 Å². The highest BCUT2D eigenvalue weighted by atomic mass is 16.5. The van der Waals surface area contributed by atoms with E-state index in [2.05, 4.69) is 95.9 Å². The van der Waals surface area contributed by atoms with Gasteiger partial charge in [0.1, 0.15) is 87.9 Å². The number of Topliss-reactive ketones (excluding diaryl/α,β-unsaturated/α-hetero) is 1. The molecule has 2 saturated heterocycles. The molecule has 11 aromatic rings. The highest BCUT2D eigenvalue weighted by Crippen LogP contribution is 2.46. The zero-order chi connectivity index (χ0) is 64.0. The number of pyridine rings is 1. The van der Waals surface area contributed by atoms with Crippen molar-refractivity contribution in [3.8, 4) is 62.3 Å². The Bertz CT molecular complexity index is 4490. The van der Waals surface area contributed by atoms with Crippen molar-refractivity contribution in [3.63, 3.8) is 0 Å². The first-order valence-corrected chi connectivity index (χ1v) is 32.5. The number of carbonyl (C=O) groups is 1. The van der Waals surface area contributed by atoms with Crippen LogP contribution in [-0.2, 0) is 18.0 Å². The summed E-state index contributed by atoms with van der Waals surface area (Å²) in [4.78, 5) is 43.2. The molecule has 476 valence electrons. The van der Waals surface area contributed by atoms with Gasteiger partial charge >= 0.3 is 0 Å². The maximum absolute atomic E-state index is 12.5. The van der Waals surface area contributed by atoms with E-state index >= 15 is 0 Å². The summed E-state index contributed by atoms with van der Waals surface area (Å²) in [6, 6.07) is 48.1. The average Bonchev–Trinajstić information content (AvgIpc) is 1.49. The van der Waals surface area contributed by atoms with Crippen LogP contribution < -0.4 is 26.4 Å². The largest absolute Gasteiger partial charge is 0.508 e. The molecule has 2 saturated carbocycles. The number of rotatable bonds is 18. The van der Waals surface area contributed by atoms with Gasteiger partial charge in [-0.2, -0.15) is 0 Å². The Morgan fingerprint density at radius 2 is 1.20 bits per heavy atom. The number of nitrogens with zero attached hydrogens (tertiary/aromatic N) is 7. The lowest BCUT2D eigenvalue weighted by Gasteiger charge is -2.42. The van der Waals surface area contributed by atoms with Gasteiger partial charge in [0.05, 0.1) is 11.9 Å². The molecule has 0 bridgehead atoms. The van der Waals surface area contributed by atoms with Gasteiger partial charge in [0.2, 0.25) is 0 Å². The molecule has 17 heteroatoms. The lowest BCUT2D eigenvalue weighted by Crippen LogP contribution is -2.43. The summed E-state index contributed by atoms with van der Waals surface area (Å²) in [5.74, 6) is 3.85. The molecule has 6 aromatic carbocycles. The van der Waals surface area contributed by atoms with Crippen LogP contribution in [0.3, 0.4) is 0 Å². The fourth-order valence-corrected chi connectivity index (χ4v) is 13.5. The van der Waals surface area contributed by atoms with E-state index in [1.54, 1.807) is 25.4 Å². The molecular weight excluding hydrogens is 1170 g/mol. The third kappa shape index (κ3) is 14.2. The number of aryl methyl sites for hydroxylation is 1. The minimum Gasteiger partial charge on any atom is -0.508 e. The summed E-state index contributed by atoms with van der Waals surface area (Å²) in [7, 11) is 0. The molecule has 0 amide bonds. The molecule has 0 unspecified atom stereocenters. The number of piperidine rings is 1. The smallest absolute Gasteiger partial charge is 0.197 e. The van der Waals surface area contributed by atoms with Crippen LogP contribution in [0.4, 0.5) is 11.5 Å². The van der Waals surface area contributed by atoms with Crippen LogP contribution in [0.5, 0.6) is 28.7 Å². The highest BCUT2D eigenvalue weighted by Gasteiger charge is 2.35. The molecule has 7 heterocycles. The first-order chi connectivity index (χ1) is 45.3. The Balaban J connectivity index is 0.000000133. The number of benzene rings is 6. The molecule has 17 nitrogen and oxygen atoms in total. The number of ketones is 1. The molecule has 0 atom stereocenters. The summed E-state index contributed by atoms with van der Waals surface area (Å²) in [6.07, 6.45) is 19.1. The van der Waals surface area contributed by atoms with E-state index in [0.29, 0.717) is 72.7 Å². The molecule has 15 rings (SSSR count). The van der Waals surface area contributed by atoms with Gasteiger partial charge in [0, 0.05) is 89.6 Å². The molecule has 0 radical (unpaired) electrons. The van der Waals surface area contributed by atoms with Gasteiger partial charge in [-0.25, -0.2) is 15.0 Å². The number of nitrogens with two attached hydrogens (primary N) is 2. The van der Waals surface area contributed by atoms with Gasteiger partial charge in [-0.05, 0) is 173 Å². The minimum atomic E-state index is -0.408. The standard InChI is InChI=1S/C32H37N5O2.C28H30N4O.C16H12O5/c33-31-30-29(25-10-7-11-28(18-25)39-21-23-8-3-1-4-9-23)20-37(32(30)35-22-34-31)26-16-24(17-26)12-13-27(38)19-36-14-5-2-6-15-36;29-26-10-11-30-28-27(26)25(18-32(28)23-14-21(15-23)17-31-12-5-13-31)22-8-4-9-24(16-22)33-19-20-6-2-1-3-7-20;1-8-4-9(2-3-11(8)18)14-7-13(20)16-12(19)5-10(17)6-15(16)21-14/h1,3-4,7-11,18,20,22,24,26H,2,5-6,12-17,19,21H2,(H2,33,34,35);1-4,6-11,16,18,21,23H,5,12-15,17,19H2,(H2,29,30);2-7,17-19H,1H3. The number of fused-ring (bicyclic) bond motifs is 3. The van der Waals surface area contributed by atoms with Crippen LogP contribution in [-0.4, -0.2) is 94.3 Å². The second-order valence-corrected chi connectivity index (χ2v) is 25.4. The third-order valence-electron chi connectivity index (χ3n) is 18.8. The maximum Gasteiger partial charge on any atom is 0.197 e. The number of hydrogen-bond acceptors (Lipinski definition) is 15. The van der Waals surface area contributed by atoms with Crippen molar-refractivity contribution >= 4 is 50.3 Å². The van der Waals surface area contributed by atoms with Crippen LogP contribution in [0.2, 0.25) is 0 Å². The number of likely N-dealkylation sites (tertiary alicyclic amines) is 2. The van der Waals surface area contributed by atoms with Crippen LogP contribution in [0.15, 0.2) is 186 Å². The van der Waals surface area contributed by atoms with Crippen LogP contribution in [0, 0.1) is 18.8 Å². The first-order valence-electron chi connectivity index (χ1n) is 32.5. The normalized spacial score (nSPS) is 17.9. The fraction of sp³-hybridized carbons (Fsp3) is 0.303. The molecule has 2 aliphatic heterocycles. The number of ether oxygens (including phenoxy) is 2. The quantitative estimate of drug-likeness (QED) is 0.0537. The summed E-state index contributed by atoms with van der Waals surface area (Å²) in [5, 5.41) is 30.7. The van der Waals surface area contributed by atoms with E-state index in [1.807, 2.05) is 66.9 Å². The third-order valence-corrected chi connectivity index (χ3v) is 18.8. The van der Waals surface area contributed by atoms with Gasteiger partial charge in [-0.15, -0.1) is 0 Å². The van der Waals surface area contributed by atoms with Crippen LogP contribution >= 0.6 is 0 Å². The number of phenols is 3. The van der Waals surface area contributed by atoms with E-state index in [4.69, 9.17) is 30.3 Å². The number of carbonyl (C=O) groups excluding carboxylic acids is 1. The molecular formula is C76H79N9O8. The lowest BCUT2D eigenvalue weighted by atomic mass is 9.77. The zero-order valence-corrected chi connectivity index (χ0v) is 52.4. The summed E-state index contributed by atoms with van der Waals surface area (Å²) in [5.41, 5.74) is 23.0. The summed E-state index contributed by atoms with van der Waals surface area (Å²) in [6.45, 7) is 9.38. The number of aromatic hydroxyl groups is 3. The van der Waals surface area contributed by atoms with Crippen molar-refractivity contribution in [1.29, 1.82) is 0 Å². The van der Waals surface area contributed by atoms with Crippen molar-refractivity contribution in [2.45, 2.75) is 96.4 Å². The molecule has 4 aliphatic rings. The number of nitrogen functional groups attached to an aromatic ring is 2. The van der Waals surface area contributed by atoms with E-state index in [9.17, 15) is 24.9 Å². The average molecular weight is 1250 g/mol. The molecule has 2 aliphatic carbocycles. The first kappa shape index (κ1) is 61.9. The molecule has 7 N–H and O–H groups in total. The number of hydrogen-bond donors (Lipinski definition) is 5. The van der Waals surface area contributed by atoms with Crippen LogP contribution in [0.1, 0.15) is 93.0 Å². The Morgan fingerprint density at radius 3 is 1.83 bits per heavy atom. The van der Waals surface area contributed by atoms with E-state index in [-0.39, 0.29) is 28.2 Å². The number of anilines is 2. The summed E-state index contributed by atoms with van der Waals surface area (Å²) < 4.78 is 22.4. The molecule has 4 fully saturated rings. The van der Waals surface area contributed by atoms with E-state index in [0.717, 1.165) is 117 Å². The fourth-order valence-electron chi connectivity index (χ4n) is 13.5. The molecule has 0 spiro atoms. The van der Waals surface area contributed by atoms with Gasteiger partial charge in [-0.3, -0.25) is 14.5 Å². The second kappa shape index (κ2) is 27.9. The van der Waals surface area contributed by atoms with Gasteiger partial charge < -0.3 is 54.7 Å². The van der Waals surface area contributed by atoms with Crippen molar-refractivity contribution in [1.82, 2.24) is 33.9 Å².